The summed E-state index contributed by atoms with van der Waals surface area (Å²) in [4.78, 5) is 13.4. The number of nitrogens with zero attached hydrogens (tertiary/aromatic N) is 4. The van der Waals surface area contributed by atoms with Gasteiger partial charge in [0.05, 0.1) is 22.4 Å². The minimum Gasteiger partial charge on any atom is -0.327 e. The van der Waals surface area contributed by atoms with E-state index in [1.54, 1.807) is 12.4 Å². The number of hydrogen-bond acceptors (Lipinski definition) is 3. The number of halogens is 2. The van der Waals surface area contributed by atoms with Crippen LogP contribution in [0.15, 0.2) is 42.7 Å². The van der Waals surface area contributed by atoms with Crippen molar-refractivity contribution in [2.75, 3.05) is 0 Å². The molecule has 4 aromatic rings. The number of hydrogen-bond donors (Lipinski definition) is 0. The summed E-state index contributed by atoms with van der Waals surface area (Å²) in [5.41, 5.74) is 4.20. The Morgan fingerprint density at radius 1 is 1.00 bits per heavy atom. The molecule has 4 nitrogen and oxygen atoms in total. The molecule has 2 aromatic carbocycles. The minimum atomic E-state index is -0.561. The molecule has 0 bridgehead atoms. The lowest BCUT2D eigenvalue weighted by molar-refractivity contribution is 0.570. The lowest BCUT2D eigenvalue weighted by atomic mass is 10.0. The van der Waals surface area contributed by atoms with Crippen LogP contribution in [-0.4, -0.2) is 19.5 Å². The summed E-state index contributed by atoms with van der Waals surface area (Å²) in [6.07, 6.45) is 5.16. The van der Waals surface area contributed by atoms with Gasteiger partial charge in [0.25, 0.3) is 0 Å². The van der Waals surface area contributed by atoms with Gasteiger partial charge >= 0.3 is 0 Å². The van der Waals surface area contributed by atoms with Crippen LogP contribution in [0.3, 0.4) is 0 Å². The van der Waals surface area contributed by atoms with Gasteiger partial charge in [-0.25, -0.2) is 13.8 Å². The van der Waals surface area contributed by atoms with Crippen molar-refractivity contribution in [1.29, 1.82) is 0 Å². The van der Waals surface area contributed by atoms with Crippen LogP contribution in [-0.2, 0) is 13.0 Å². The van der Waals surface area contributed by atoms with Gasteiger partial charge in [-0.05, 0) is 37.6 Å². The Labute approximate surface area is 154 Å². The van der Waals surface area contributed by atoms with E-state index in [0.29, 0.717) is 11.3 Å². The first-order chi connectivity index (χ1) is 13.1. The van der Waals surface area contributed by atoms with E-state index in [0.717, 1.165) is 47.5 Å². The molecule has 0 N–H and O–H groups in total. The fraction of sp³-hybridized carbons (Fsp3) is 0.190. The van der Waals surface area contributed by atoms with Crippen molar-refractivity contribution < 1.29 is 8.78 Å². The normalized spacial score (nSPS) is 13.3. The summed E-state index contributed by atoms with van der Waals surface area (Å²) < 4.78 is 30.7. The van der Waals surface area contributed by atoms with E-state index in [4.69, 9.17) is 4.98 Å². The molecule has 0 fully saturated rings. The number of aryl methyl sites for hydroxylation is 1. The third-order valence-electron chi connectivity index (χ3n) is 5.15. The highest BCUT2D eigenvalue weighted by Gasteiger charge is 2.26. The van der Waals surface area contributed by atoms with Crippen LogP contribution in [0, 0.1) is 18.6 Å². The molecule has 134 valence electrons. The van der Waals surface area contributed by atoms with E-state index >= 15 is 0 Å². The molecule has 0 atom stereocenters. The van der Waals surface area contributed by atoms with Crippen LogP contribution in [0.1, 0.15) is 17.8 Å². The lowest BCUT2D eigenvalue weighted by Gasteiger charge is -2.11. The van der Waals surface area contributed by atoms with Crippen LogP contribution in [0.2, 0.25) is 0 Å². The Bertz CT molecular complexity index is 1200. The monoisotopic (exact) mass is 362 g/mol. The molecule has 1 aliphatic rings. The van der Waals surface area contributed by atoms with Gasteiger partial charge in [0.15, 0.2) is 0 Å². The smallest absolute Gasteiger partial charge is 0.138 e. The molecule has 0 saturated heterocycles. The van der Waals surface area contributed by atoms with Gasteiger partial charge in [0.1, 0.15) is 17.5 Å². The maximum atomic E-state index is 14.8. The molecule has 0 spiro atoms. The molecule has 1 aliphatic heterocycles. The molecule has 0 unspecified atom stereocenters. The number of benzene rings is 2. The second kappa shape index (κ2) is 5.94. The van der Waals surface area contributed by atoms with Crippen LogP contribution in [0.25, 0.3) is 33.5 Å². The van der Waals surface area contributed by atoms with Crippen LogP contribution in [0.4, 0.5) is 8.78 Å². The van der Waals surface area contributed by atoms with Gasteiger partial charge < -0.3 is 4.57 Å². The van der Waals surface area contributed by atoms with Gasteiger partial charge in [0.2, 0.25) is 0 Å². The Hall–Kier alpha value is -3.15. The first kappa shape index (κ1) is 16.1. The average molecular weight is 362 g/mol. The third-order valence-corrected chi connectivity index (χ3v) is 5.15. The Balaban J connectivity index is 1.78. The van der Waals surface area contributed by atoms with Crippen LogP contribution in [0.5, 0.6) is 0 Å². The predicted molar refractivity (Wildman–Crippen MR) is 99.2 cm³/mol. The largest absolute Gasteiger partial charge is 0.327 e. The molecule has 2 aromatic heterocycles. The first-order valence-corrected chi connectivity index (χ1v) is 8.89. The third kappa shape index (κ3) is 2.44. The number of imidazole rings is 1. The second-order valence-electron chi connectivity index (χ2n) is 6.77. The second-order valence-corrected chi connectivity index (χ2v) is 6.77. The van der Waals surface area contributed by atoms with E-state index in [1.165, 1.54) is 19.1 Å². The van der Waals surface area contributed by atoms with Gasteiger partial charge in [-0.3, -0.25) is 9.97 Å². The van der Waals surface area contributed by atoms with E-state index < -0.39 is 11.6 Å². The summed E-state index contributed by atoms with van der Waals surface area (Å²) in [7, 11) is 0. The first-order valence-electron chi connectivity index (χ1n) is 8.89. The molecule has 0 amide bonds. The summed E-state index contributed by atoms with van der Waals surface area (Å²) in [6.45, 7) is 2.28. The van der Waals surface area contributed by atoms with E-state index in [-0.39, 0.29) is 5.56 Å². The van der Waals surface area contributed by atoms with Gasteiger partial charge in [-0.15, -0.1) is 0 Å². The number of rotatable bonds is 2. The molecule has 6 heteroatoms. The Morgan fingerprint density at radius 3 is 2.67 bits per heavy atom. The average Bonchev–Trinajstić information content (AvgIpc) is 3.27. The van der Waals surface area contributed by atoms with Crippen LogP contribution < -0.4 is 0 Å². The standard InChI is InChI=1S/C21H16F2N4/c1-12-15(22)6-5-14(19(12)23)20-21(27-10-2-3-18(27)26-20)13-4-7-16-17(11-13)25-9-8-24-16/h4-9,11H,2-3,10H2,1H3. The maximum absolute atomic E-state index is 14.8. The molecule has 27 heavy (non-hydrogen) atoms. The Kier molecular flexibility index (Phi) is 3.53. The molecular formula is C21H16F2N4. The fourth-order valence-electron chi connectivity index (χ4n) is 3.76. The van der Waals surface area contributed by atoms with Crippen molar-refractivity contribution in [1.82, 2.24) is 19.5 Å². The van der Waals surface area contributed by atoms with Gasteiger partial charge in [0, 0.05) is 42.0 Å². The highest BCUT2D eigenvalue weighted by molar-refractivity contribution is 5.86. The van der Waals surface area contributed by atoms with Gasteiger partial charge in [-0.1, -0.05) is 6.07 Å². The molecule has 3 heterocycles. The maximum Gasteiger partial charge on any atom is 0.138 e. The van der Waals surface area contributed by atoms with E-state index in [2.05, 4.69) is 14.5 Å². The number of fused-ring (bicyclic) bond motifs is 2. The number of aromatic nitrogens is 4. The van der Waals surface area contributed by atoms with Crippen molar-refractivity contribution in [3.05, 3.63) is 65.7 Å². The SMILES string of the molecule is Cc1c(F)ccc(-c2nc3n(c2-c2ccc4nccnc4c2)CCC3)c1F. The lowest BCUT2D eigenvalue weighted by Crippen LogP contribution is -1.98. The van der Waals surface area contributed by atoms with Crippen molar-refractivity contribution in [3.8, 4) is 22.5 Å². The molecule has 5 rings (SSSR count). The van der Waals surface area contributed by atoms with Crippen molar-refractivity contribution in [2.24, 2.45) is 0 Å². The summed E-state index contributed by atoms with van der Waals surface area (Å²) in [5, 5.41) is 0. The van der Waals surface area contributed by atoms with E-state index in [9.17, 15) is 8.78 Å². The summed E-state index contributed by atoms with van der Waals surface area (Å²) in [6, 6.07) is 8.58. The van der Waals surface area contributed by atoms with Crippen molar-refractivity contribution in [2.45, 2.75) is 26.3 Å². The molecule has 0 radical (unpaired) electrons. The minimum absolute atomic E-state index is 0.0102. The fourth-order valence-corrected chi connectivity index (χ4v) is 3.76. The topological polar surface area (TPSA) is 43.6 Å². The summed E-state index contributed by atoms with van der Waals surface area (Å²) in [5.74, 6) is -0.181. The molecule has 0 saturated carbocycles. The highest BCUT2D eigenvalue weighted by atomic mass is 19.1. The molecule has 0 aliphatic carbocycles. The zero-order valence-electron chi connectivity index (χ0n) is 14.7. The summed E-state index contributed by atoms with van der Waals surface area (Å²) >= 11 is 0. The zero-order chi connectivity index (χ0) is 18.5. The quantitative estimate of drug-likeness (QED) is 0.519. The van der Waals surface area contributed by atoms with Crippen molar-refractivity contribution in [3.63, 3.8) is 0 Å². The van der Waals surface area contributed by atoms with E-state index in [1.807, 2.05) is 18.2 Å². The Morgan fingerprint density at radius 2 is 1.81 bits per heavy atom. The van der Waals surface area contributed by atoms with Crippen LogP contribution >= 0.6 is 0 Å². The zero-order valence-corrected chi connectivity index (χ0v) is 14.7. The van der Waals surface area contributed by atoms with Gasteiger partial charge in [-0.2, -0.15) is 0 Å². The predicted octanol–water partition coefficient (Wildman–Crippen LogP) is 4.69. The highest BCUT2D eigenvalue weighted by Crippen LogP contribution is 2.38. The molecular weight excluding hydrogens is 346 g/mol. The van der Waals surface area contributed by atoms with Crippen molar-refractivity contribution >= 4 is 11.0 Å².